The largest absolute Gasteiger partial charge is 0.389 e. The van der Waals surface area contributed by atoms with E-state index < -0.39 is 0 Å². The van der Waals surface area contributed by atoms with Gasteiger partial charge >= 0.3 is 5.63 Å². The zero-order valence-electron chi connectivity index (χ0n) is 11.1. The molecule has 0 saturated carbocycles. The third kappa shape index (κ3) is 2.40. The van der Waals surface area contributed by atoms with Crippen molar-refractivity contribution in [2.45, 2.75) is 13.5 Å². The number of anilines is 1. The van der Waals surface area contributed by atoms with E-state index >= 15 is 0 Å². The van der Waals surface area contributed by atoms with Gasteiger partial charge in [0.2, 0.25) is 0 Å². The van der Waals surface area contributed by atoms with E-state index in [2.05, 4.69) is 10.3 Å². The average Bonchev–Trinajstić information content (AvgIpc) is 2.47. The summed E-state index contributed by atoms with van der Waals surface area (Å²) in [7, 11) is 0. The molecule has 0 amide bonds. The molecule has 0 aliphatic heterocycles. The van der Waals surface area contributed by atoms with E-state index in [1.807, 2.05) is 49.4 Å². The minimum Gasteiger partial charge on any atom is -0.389 e. The highest BCUT2D eigenvalue weighted by Crippen LogP contribution is 2.15. The Morgan fingerprint density at radius 1 is 1.10 bits per heavy atom. The van der Waals surface area contributed by atoms with Crippen LogP contribution in [0.25, 0.3) is 10.9 Å². The van der Waals surface area contributed by atoms with Crippen LogP contribution in [0.5, 0.6) is 0 Å². The lowest BCUT2D eigenvalue weighted by atomic mass is 10.1. The summed E-state index contributed by atoms with van der Waals surface area (Å²) < 4.78 is 5.19. The van der Waals surface area contributed by atoms with Crippen molar-refractivity contribution in [1.82, 2.24) is 4.98 Å². The number of aryl methyl sites for hydroxylation is 1. The summed E-state index contributed by atoms with van der Waals surface area (Å²) in [5, 5.41) is 3.55. The van der Waals surface area contributed by atoms with E-state index in [4.69, 9.17) is 4.42 Å². The van der Waals surface area contributed by atoms with Gasteiger partial charge in [-0.3, -0.25) is 0 Å². The molecule has 4 nitrogen and oxygen atoms in total. The van der Waals surface area contributed by atoms with E-state index in [0.717, 1.165) is 11.1 Å². The highest BCUT2D eigenvalue weighted by molar-refractivity contribution is 5.80. The first-order chi connectivity index (χ1) is 9.74. The number of rotatable bonds is 3. The Morgan fingerprint density at radius 3 is 2.70 bits per heavy atom. The molecule has 0 aliphatic carbocycles. The molecule has 1 N–H and O–H groups in total. The van der Waals surface area contributed by atoms with Gasteiger partial charge in [-0.15, -0.1) is 0 Å². The van der Waals surface area contributed by atoms with Crippen LogP contribution in [0.4, 0.5) is 6.01 Å². The Hall–Kier alpha value is -2.62. The summed E-state index contributed by atoms with van der Waals surface area (Å²) in [4.78, 5) is 16.3. The van der Waals surface area contributed by atoms with Crippen LogP contribution in [0.1, 0.15) is 11.1 Å². The minimum atomic E-state index is -0.366. The molecule has 0 atom stereocenters. The van der Waals surface area contributed by atoms with Gasteiger partial charge in [-0.05, 0) is 24.1 Å². The normalized spacial score (nSPS) is 10.7. The molecular formula is C16H14N2O2. The molecule has 100 valence electrons. The molecule has 2 aromatic carbocycles. The zero-order valence-corrected chi connectivity index (χ0v) is 11.1. The van der Waals surface area contributed by atoms with Crippen LogP contribution in [0, 0.1) is 6.92 Å². The van der Waals surface area contributed by atoms with Crippen LogP contribution in [-0.4, -0.2) is 4.98 Å². The number of nitrogens with one attached hydrogen (secondary N) is 1. The molecule has 4 heteroatoms. The topological polar surface area (TPSA) is 55.1 Å². The zero-order chi connectivity index (χ0) is 13.9. The fourth-order valence-corrected chi connectivity index (χ4v) is 2.09. The first-order valence-electron chi connectivity index (χ1n) is 6.42. The molecule has 0 bridgehead atoms. The van der Waals surface area contributed by atoms with Crippen molar-refractivity contribution >= 4 is 16.9 Å². The van der Waals surface area contributed by atoms with E-state index in [-0.39, 0.29) is 11.6 Å². The quantitative estimate of drug-likeness (QED) is 0.791. The second-order valence-electron chi connectivity index (χ2n) is 4.62. The molecule has 0 unspecified atom stereocenters. The third-order valence-electron chi connectivity index (χ3n) is 3.15. The van der Waals surface area contributed by atoms with Crippen LogP contribution >= 0.6 is 0 Å². The highest BCUT2D eigenvalue weighted by Gasteiger charge is 2.07. The van der Waals surface area contributed by atoms with Gasteiger partial charge < -0.3 is 9.73 Å². The predicted molar refractivity (Wildman–Crippen MR) is 78.8 cm³/mol. The second kappa shape index (κ2) is 5.17. The summed E-state index contributed by atoms with van der Waals surface area (Å²) >= 11 is 0. The molecule has 0 radical (unpaired) electrons. The lowest BCUT2D eigenvalue weighted by Crippen LogP contribution is -2.08. The maximum absolute atomic E-state index is 11.9. The molecular weight excluding hydrogens is 252 g/mol. The number of fused-ring (bicyclic) bond motifs is 1. The van der Waals surface area contributed by atoms with Gasteiger partial charge in [0.15, 0.2) is 0 Å². The summed E-state index contributed by atoms with van der Waals surface area (Å²) in [6.45, 7) is 2.49. The number of para-hydroxylation sites is 1. The molecule has 0 aliphatic rings. The average molecular weight is 266 g/mol. The summed E-state index contributed by atoms with van der Waals surface area (Å²) in [6.07, 6.45) is 0. The standard InChI is InChI=1S/C16H14N2O2/c1-11-6-5-9-13-14(11)18-16(20-15(13)19)17-10-12-7-3-2-4-8-12/h2-9H,10H2,1H3,(H,17,18). The van der Waals surface area contributed by atoms with Crippen molar-refractivity contribution in [1.29, 1.82) is 0 Å². The Morgan fingerprint density at radius 2 is 1.90 bits per heavy atom. The van der Waals surface area contributed by atoms with Crippen molar-refractivity contribution in [3.8, 4) is 0 Å². The Bertz CT molecular complexity index is 794. The van der Waals surface area contributed by atoms with Crippen molar-refractivity contribution < 1.29 is 4.42 Å². The van der Waals surface area contributed by atoms with Crippen LogP contribution in [0.2, 0.25) is 0 Å². The summed E-state index contributed by atoms with van der Waals surface area (Å²) in [6, 6.07) is 15.6. The smallest absolute Gasteiger partial charge is 0.348 e. The van der Waals surface area contributed by atoms with Crippen molar-refractivity contribution in [2.75, 3.05) is 5.32 Å². The third-order valence-corrected chi connectivity index (χ3v) is 3.15. The van der Waals surface area contributed by atoms with Crippen LogP contribution in [-0.2, 0) is 6.54 Å². The van der Waals surface area contributed by atoms with Gasteiger partial charge in [-0.25, -0.2) is 4.79 Å². The molecule has 3 aromatic rings. The fraction of sp³-hybridized carbons (Fsp3) is 0.125. The van der Waals surface area contributed by atoms with E-state index in [9.17, 15) is 4.79 Å². The number of aromatic nitrogens is 1. The minimum absolute atomic E-state index is 0.251. The molecule has 0 saturated heterocycles. The Kier molecular flexibility index (Phi) is 3.21. The molecule has 0 spiro atoms. The van der Waals surface area contributed by atoms with Crippen LogP contribution in [0.3, 0.4) is 0 Å². The second-order valence-corrected chi connectivity index (χ2v) is 4.62. The van der Waals surface area contributed by atoms with E-state index in [1.54, 1.807) is 6.07 Å². The number of nitrogens with zero attached hydrogens (tertiary/aromatic N) is 1. The molecule has 20 heavy (non-hydrogen) atoms. The van der Waals surface area contributed by atoms with Crippen LogP contribution in [0.15, 0.2) is 57.7 Å². The maximum atomic E-state index is 11.9. The number of hydrogen-bond donors (Lipinski definition) is 1. The van der Waals surface area contributed by atoms with E-state index in [0.29, 0.717) is 17.4 Å². The fourth-order valence-electron chi connectivity index (χ4n) is 2.09. The monoisotopic (exact) mass is 266 g/mol. The first kappa shape index (κ1) is 12.4. The van der Waals surface area contributed by atoms with Gasteiger partial charge in [0.25, 0.3) is 6.01 Å². The lowest BCUT2D eigenvalue weighted by Gasteiger charge is -2.06. The summed E-state index contributed by atoms with van der Waals surface area (Å²) in [5.74, 6) is 0. The first-order valence-corrected chi connectivity index (χ1v) is 6.42. The molecule has 3 rings (SSSR count). The van der Waals surface area contributed by atoms with Crippen LogP contribution < -0.4 is 10.9 Å². The van der Waals surface area contributed by atoms with Crippen molar-refractivity contribution in [2.24, 2.45) is 0 Å². The lowest BCUT2D eigenvalue weighted by molar-refractivity contribution is 0.516. The number of benzene rings is 2. The number of hydrogen-bond acceptors (Lipinski definition) is 4. The molecule has 0 fully saturated rings. The van der Waals surface area contributed by atoms with Crippen molar-refractivity contribution in [3.63, 3.8) is 0 Å². The van der Waals surface area contributed by atoms with Gasteiger partial charge in [0.1, 0.15) is 0 Å². The molecule has 1 aromatic heterocycles. The summed E-state index contributed by atoms with van der Waals surface area (Å²) in [5.41, 5.74) is 2.37. The van der Waals surface area contributed by atoms with Gasteiger partial charge in [0, 0.05) is 6.54 Å². The van der Waals surface area contributed by atoms with E-state index in [1.165, 1.54) is 0 Å². The molecule has 1 heterocycles. The SMILES string of the molecule is Cc1cccc2c(=O)oc(NCc3ccccc3)nc12. The van der Waals surface area contributed by atoms with Crippen molar-refractivity contribution in [3.05, 3.63) is 70.1 Å². The van der Waals surface area contributed by atoms with Gasteiger partial charge in [-0.1, -0.05) is 42.5 Å². The highest BCUT2D eigenvalue weighted by atomic mass is 16.4. The van der Waals surface area contributed by atoms with Gasteiger partial charge in [0.05, 0.1) is 10.9 Å². The van der Waals surface area contributed by atoms with Gasteiger partial charge in [-0.2, -0.15) is 4.98 Å². The Labute approximate surface area is 116 Å². The maximum Gasteiger partial charge on any atom is 0.348 e. The Balaban J connectivity index is 1.93. The predicted octanol–water partition coefficient (Wildman–Crippen LogP) is 3.11.